The Hall–Kier alpha value is -1.11. The molecule has 1 aromatic rings. The van der Waals surface area contributed by atoms with Crippen LogP contribution in [0.1, 0.15) is 61.4 Å². The van der Waals surface area contributed by atoms with Crippen molar-refractivity contribution in [1.82, 2.24) is 0 Å². The van der Waals surface area contributed by atoms with Crippen LogP contribution >= 0.6 is 0 Å². The molecule has 0 amide bonds. The van der Waals surface area contributed by atoms with Crippen molar-refractivity contribution >= 4 is 5.78 Å². The molecule has 0 N–H and O–H groups in total. The molecule has 1 aliphatic carbocycles. The van der Waals surface area contributed by atoms with Crippen LogP contribution < -0.4 is 0 Å². The molecule has 0 spiro atoms. The van der Waals surface area contributed by atoms with Crippen molar-refractivity contribution in [3.05, 3.63) is 35.4 Å². The fourth-order valence-corrected chi connectivity index (χ4v) is 2.78. The maximum Gasteiger partial charge on any atom is 0.159 e. The fourth-order valence-electron chi connectivity index (χ4n) is 2.78. The zero-order valence-electron chi connectivity index (χ0n) is 10.2. The summed E-state index contributed by atoms with van der Waals surface area (Å²) >= 11 is 0. The average Bonchev–Trinajstić information content (AvgIpc) is 2.30. The first-order valence-electron chi connectivity index (χ1n) is 6.29. The molecule has 0 radical (unpaired) electrons. The Morgan fingerprint density at radius 1 is 1.12 bits per heavy atom. The maximum atomic E-state index is 11.2. The Kier molecular flexibility index (Phi) is 3.42. The second-order valence-electron chi connectivity index (χ2n) is 5.05. The predicted octanol–water partition coefficient (Wildman–Crippen LogP) is 4.18. The van der Waals surface area contributed by atoms with Crippen LogP contribution in [0.25, 0.3) is 0 Å². The van der Waals surface area contributed by atoms with E-state index in [0.29, 0.717) is 5.92 Å². The summed E-state index contributed by atoms with van der Waals surface area (Å²) in [5, 5.41) is 0. The Bertz CT molecular complexity index is 364. The molecular weight excluding hydrogens is 196 g/mol. The van der Waals surface area contributed by atoms with E-state index in [4.69, 9.17) is 0 Å². The van der Waals surface area contributed by atoms with Gasteiger partial charge in [-0.2, -0.15) is 0 Å². The van der Waals surface area contributed by atoms with E-state index in [1.165, 1.54) is 31.2 Å². The summed E-state index contributed by atoms with van der Waals surface area (Å²) in [6.45, 7) is 3.97. The molecule has 86 valence electrons. The lowest BCUT2D eigenvalue weighted by Gasteiger charge is -2.29. The second-order valence-corrected chi connectivity index (χ2v) is 5.05. The minimum atomic E-state index is 0.156. The molecule has 0 aliphatic heterocycles. The summed E-state index contributed by atoms with van der Waals surface area (Å²) in [7, 11) is 0. The highest BCUT2D eigenvalue weighted by Crippen LogP contribution is 2.37. The maximum absolute atomic E-state index is 11.2. The molecule has 2 rings (SSSR count). The number of carbonyl (C=O) groups is 1. The first-order valence-corrected chi connectivity index (χ1v) is 6.29. The van der Waals surface area contributed by atoms with E-state index in [1.807, 2.05) is 12.1 Å². The van der Waals surface area contributed by atoms with Crippen LogP contribution in [0.5, 0.6) is 0 Å². The quantitative estimate of drug-likeness (QED) is 0.678. The van der Waals surface area contributed by atoms with E-state index in [2.05, 4.69) is 19.1 Å². The highest BCUT2D eigenvalue weighted by molar-refractivity contribution is 5.94. The number of rotatable bonds is 2. The molecule has 2 unspecified atom stereocenters. The number of benzene rings is 1. The SMILES string of the molecule is CC(=O)c1ccc(C2CCCCC2C)cc1. The number of Topliss-reactive ketones (excluding diaryl/α,β-unsaturated/α-hetero) is 1. The standard InChI is InChI=1S/C15H20O/c1-11-5-3-4-6-15(11)14-9-7-13(8-10-14)12(2)16/h7-11,15H,3-6H2,1-2H3. The second kappa shape index (κ2) is 4.82. The van der Waals surface area contributed by atoms with Gasteiger partial charge in [-0.25, -0.2) is 0 Å². The van der Waals surface area contributed by atoms with Gasteiger partial charge in [0.15, 0.2) is 5.78 Å². The van der Waals surface area contributed by atoms with Gasteiger partial charge in [0.1, 0.15) is 0 Å². The summed E-state index contributed by atoms with van der Waals surface area (Å²) in [4.78, 5) is 11.2. The number of hydrogen-bond donors (Lipinski definition) is 0. The van der Waals surface area contributed by atoms with E-state index >= 15 is 0 Å². The van der Waals surface area contributed by atoms with Crippen molar-refractivity contribution in [3.8, 4) is 0 Å². The smallest absolute Gasteiger partial charge is 0.159 e. The third kappa shape index (κ3) is 2.34. The van der Waals surface area contributed by atoms with Crippen LogP contribution in [-0.4, -0.2) is 5.78 Å². The van der Waals surface area contributed by atoms with Crippen molar-refractivity contribution in [2.45, 2.75) is 45.4 Å². The van der Waals surface area contributed by atoms with Crippen molar-refractivity contribution in [2.24, 2.45) is 5.92 Å². The van der Waals surface area contributed by atoms with Gasteiger partial charge in [0.2, 0.25) is 0 Å². The molecule has 0 heterocycles. The van der Waals surface area contributed by atoms with Gasteiger partial charge in [-0.05, 0) is 30.7 Å². The largest absolute Gasteiger partial charge is 0.295 e. The number of ketones is 1. The molecule has 16 heavy (non-hydrogen) atoms. The van der Waals surface area contributed by atoms with Gasteiger partial charge in [0.25, 0.3) is 0 Å². The van der Waals surface area contributed by atoms with Crippen LogP contribution in [-0.2, 0) is 0 Å². The summed E-state index contributed by atoms with van der Waals surface area (Å²) in [5.74, 6) is 1.65. The minimum absolute atomic E-state index is 0.156. The molecule has 0 aromatic heterocycles. The summed E-state index contributed by atoms with van der Waals surface area (Å²) in [6, 6.07) is 8.23. The zero-order valence-corrected chi connectivity index (χ0v) is 10.2. The Balaban J connectivity index is 2.17. The molecule has 1 heteroatoms. The van der Waals surface area contributed by atoms with Crippen molar-refractivity contribution < 1.29 is 4.79 Å². The zero-order chi connectivity index (χ0) is 11.5. The van der Waals surface area contributed by atoms with Crippen LogP contribution in [0.15, 0.2) is 24.3 Å². The molecule has 1 saturated carbocycles. The lowest BCUT2D eigenvalue weighted by atomic mass is 9.76. The van der Waals surface area contributed by atoms with Gasteiger partial charge < -0.3 is 0 Å². The first kappa shape index (κ1) is 11.4. The molecule has 1 fully saturated rings. The average molecular weight is 216 g/mol. The molecule has 1 nitrogen and oxygen atoms in total. The van der Waals surface area contributed by atoms with Crippen molar-refractivity contribution in [3.63, 3.8) is 0 Å². The molecule has 2 atom stereocenters. The Morgan fingerprint density at radius 3 is 2.31 bits per heavy atom. The highest BCUT2D eigenvalue weighted by Gasteiger charge is 2.22. The van der Waals surface area contributed by atoms with Crippen LogP contribution in [0.4, 0.5) is 0 Å². The lowest BCUT2D eigenvalue weighted by Crippen LogP contribution is -2.14. The van der Waals surface area contributed by atoms with E-state index in [1.54, 1.807) is 6.92 Å². The van der Waals surface area contributed by atoms with E-state index in [9.17, 15) is 4.79 Å². The van der Waals surface area contributed by atoms with Gasteiger partial charge in [0, 0.05) is 5.56 Å². The van der Waals surface area contributed by atoms with E-state index in [-0.39, 0.29) is 5.78 Å². The molecule has 0 saturated heterocycles. The third-order valence-corrected chi connectivity index (χ3v) is 3.86. The van der Waals surface area contributed by atoms with Gasteiger partial charge in [0.05, 0.1) is 0 Å². The topological polar surface area (TPSA) is 17.1 Å². The van der Waals surface area contributed by atoms with E-state index < -0.39 is 0 Å². The Morgan fingerprint density at radius 2 is 1.75 bits per heavy atom. The molecule has 0 bridgehead atoms. The normalized spacial score (nSPS) is 25.4. The fraction of sp³-hybridized carbons (Fsp3) is 0.533. The number of hydrogen-bond acceptors (Lipinski definition) is 1. The van der Waals surface area contributed by atoms with Gasteiger partial charge in [-0.3, -0.25) is 4.79 Å². The lowest BCUT2D eigenvalue weighted by molar-refractivity contribution is 0.101. The van der Waals surface area contributed by atoms with Crippen LogP contribution in [0, 0.1) is 5.92 Å². The van der Waals surface area contributed by atoms with Gasteiger partial charge in [-0.15, -0.1) is 0 Å². The highest BCUT2D eigenvalue weighted by atomic mass is 16.1. The number of carbonyl (C=O) groups excluding carboxylic acids is 1. The van der Waals surface area contributed by atoms with Crippen molar-refractivity contribution in [1.29, 1.82) is 0 Å². The van der Waals surface area contributed by atoms with E-state index in [0.717, 1.165) is 11.5 Å². The minimum Gasteiger partial charge on any atom is -0.295 e. The van der Waals surface area contributed by atoms with Gasteiger partial charge in [-0.1, -0.05) is 50.5 Å². The van der Waals surface area contributed by atoms with Crippen LogP contribution in [0.2, 0.25) is 0 Å². The van der Waals surface area contributed by atoms with Gasteiger partial charge >= 0.3 is 0 Å². The van der Waals surface area contributed by atoms with Crippen molar-refractivity contribution in [2.75, 3.05) is 0 Å². The first-order chi connectivity index (χ1) is 7.68. The summed E-state index contributed by atoms with van der Waals surface area (Å²) in [6.07, 6.45) is 5.38. The predicted molar refractivity (Wildman–Crippen MR) is 66.8 cm³/mol. The summed E-state index contributed by atoms with van der Waals surface area (Å²) in [5.41, 5.74) is 2.24. The molecular formula is C15H20O. The molecule has 1 aliphatic rings. The third-order valence-electron chi connectivity index (χ3n) is 3.86. The summed E-state index contributed by atoms with van der Waals surface area (Å²) < 4.78 is 0. The monoisotopic (exact) mass is 216 g/mol. The van der Waals surface area contributed by atoms with Crippen LogP contribution in [0.3, 0.4) is 0 Å². The molecule has 1 aromatic carbocycles. The Labute approximate surface area is 97.9 Å².